The Balaban J connectivity index is 1.30. The Hall–Kier alpha value is -4.06. The van der Waals surface area contributed by atoms with Crippen molar-refractivity contribution < 1.29 is 55.0 Å². The number of nitrogens with one attached hydrogen (secondary N) is 3. The Labute approximate surface area is 315 Å². The molecular weight excluding hydrogens is 759 g/mol. The van der Waals surface area contributed by atoms with Crippen LogP contribution in [0.2, 0.25) is 5.02 Å². The van der Waals surface area contributed by atoms with Crippen LogP contribution in [-0.2, 0) is 29.1 Å². The first-order valence-corrected chi connectivity index (χ1v) is 19.6. The fourth-order valence-electron chi connectivity index (χ4n) is 6.95. The summed E-state index contributed by atoms with van der Waals surface area (Å²) in [5, 5.41) is 5.88. The lowest BCUT2D eigenvalue weighted by Crippen LogP contribution is -2.60. The van der Waals surface area contributed by atoms with Crippen molar-refractivity contribution in [2.24, 2.45) is 17.3 Å². The third-order valence-corrected chi connectivity index (χ3v) is 12.5. The van der Waals surface area contributed by atoms with Crippen LogP contribution >= 0.6 is 11.6 Å². The van der Waals surface area contributed by atoms with E-state index >= 15 is 0 Å². The van der Waals surface area contributed by atoms with E-state index in [9.17, 15) is 40.8 Å². The van der Waals surface area contributed by atoms with Gasteiger partial charge in [0.15, 0.2) is 6.10 Å². The average Bonchev–Trinajstić information content (AvgIpc) is 3.95. The Morgan fingerprint density at radius 3 is 2.35 bits per heavy atom. The molecule has 3 N–H and O–H groups in total. The van der Waals surface area contributed by atoms with Crippen molar-refractivity contribution in [3.63, 3.8) is 0 Å². The fraction of sp³-hybridized carbons (Fsp3) is 0.629. The quantitative estimate of drug-likeness (QED) is 0.281. The molecule has 4 fully saturated rings. The molecule has 1 saturated heterocycles. The summed E-state index contributed by atoms with van der Waals surface area (Å²) in [6, 6.07) is 2.15. The largest absolute Gasteiger partial charge is 0.494 e. The molecule has 0 unspecified atom stereocenters. The number of benzene rings is 1. The molecule has 1 aliphatic heterocycles. The van der Waals surface area contributed by atoms with E-state index in [0.29, 0.717) is 41.3 Å². The van der Waals surface area contributed by atoms with Gasteiger partial charge in [-0.1, -0.05) is 32.4 Å². The van der Waals surface area contributed by atoms with Gasteiger partial charge in [0.2, 0.25) is 27.7 Å². The number of methoxy groups -OCH3 is 1. The lowest BCUT2D eigenvalue weighted by atomic mass is 9.85. The van der Waals surface area contributed by atoms with Crippen molar-refractivity contribution in [3.8, 4) is 11.6 Å². The second-order valence-corrected chi connectivity index (χ2v) is 18.0. The first kappa shape index (κ1) is 39.6. The number of hydrogen-bond acceptors (Lipinski definition) is 10. The van der Waals surface area contributed by atoms with Crippen LogP contribution < -0.4 is 24.8 Å². The summed E-state index contributed by atoms with van der Waals surface area (Å²) in [4.78, 5) is 60.6. The normalized spacial score (nSPS) is 25.4. The van der Waals surface area contributed by atoms with Crippen LogP contribution in [0, 0.1) is 17.3 Å². The summed E-state index contributed by atoms with van der Waals surface area (Å²) >= 11 is 6.24. The molecule has 2 aromatic rings. The van der Waals surface area contributed by atoms with Crippen molar-refractivity contribution in [2.75, 3.05) is 13.7 Å². The highest BCUT2D eigenvalue weighted by Crippen LogP contribution is 2.57. The van der Waals surface area contributed by atoms with Crippen LogP contribution in [0.15, 0.2) is 24.4 Å². The number of fused-ring (bicyclic) bond motifs is 1. The van der Waals surface area contributed by atoms with E-state index in [2.05, 4.69) is 25.1 Å². The molecule has 1 aromatic heterocycles. The zero-order chi connectivity index (χ0) is 39.5. The number of carbonyl (C=O) groups is 4. The number of halogens is 4. The Morgan fingerprint density at radius 2 is 1.76 bits per heavy atom. The summed E-state index contributed by atoms with van der Waals surface area (Å²) in [5.74, 6) is -2.09. The molecule has 6 rings (SSSR count). The zero-order valence-corrected chi connectivity index (χ0v) is 31.9. The average molecular weight is 802 g/mol. The molecule has 0 radical (unpaired) electrons. The molecular formula is C35H43ClF3N5O9S. The van der Waals surface area contributed by atoms with Crippen LogP contribution in [0.4, 0.5) is 18.0 Å². The van der Waals surface area contributed by atoms with Gasteiger partial charge in [-0.05, 0) is 74.5 Å². The number of likely N-dealkylation sites (tertiary alicyclic amines) is 1. The summed E-state index contributed by atoms with van der Waals surface area (Å²) in [5.41, 5.74) is -2.63. The van der Waals surface area contributed by atoms with E-state index in [1.165, 1.54) is 13.3 Å². The topological polar surface area (TPSA) is 182 Å². The lowest BCUT2D eigenvalue weighted by Gasteiger charge is -2.35. The highest BCUT2D eigenvalue weighted by Gasteiger charge is 2.67. The Morgan fingerprint density at radius 1 is 1.07 bits per heavy atom. The second-order valence-electron chi connectivity index (χ2n) is 15.6. The summed E-state index contributed by atoms with van der Waals surface area (Å²) < 4.78 is 83.5. The number of alkyl carbamates (subject to hydrolysis) is 1. The van der Waals surface area contributed by atoms with Gasteiger partial charge >= 0.3 is 12.3 Å². The van der Waals surface area contributed by atoms with Gasteiger partial charge in [-0.2, -0.15) is 13.2 Å². The van der Waals surface area contributed by atoms with Crippen molar-refractivity contribution in [2.45, 2.75) is 107 Å². The highest BCUT2D eigenvalue weighted by atomic mass is 35.5. The number of pyridine rings is 1. The molecule has 14 nitrogen and oxygen atoms in total. The number of rotatable bonds is 12. The predicted molar refractivity (Wildman–Crippen MR) is 188 cm³/mol. The van der Waals surface area contributed by atoms with Gasteiger partial charge < -0.3 is 29.7 Å². The number of ether oxygens (including phenoxy) is 3. The SMILES string of the molecule is COc1cnc(O[C@@H]2C[C@@H](C(=O)N[C@]3(C(=O)NS(=O)(=O)C4CC4)C[C@H]3C3CC3)N(C(=O)[C@@H](NC(=O)O[C@H](C)C(F)(F)F)C(C)(C)C)C2)c2ccc(Cl)cc12. The van der Waals surface area contributed by atoms with E-state index < -0.39 is 80.5 Å². The van der Waals surface area contributed by atoms with E-state index in [1.54, 1.807) is 39.0 Å². The maximum absolute atomic E-state index is 14.4. The van der Waals surface area contributed by atoms with Crippen LogP contribution in [-0.4, -0.2) is 97.0 Å². The molecule has 0 bridgehead atoms. The Kier molecular flexibility index (Phi) is 10.4. The van der Waals surface area contributed by atoms with Gasteiger partial charge in [-0.15, -0.1) is 0 Å². The molecule has 296 valence electrons. The minimum atomic E-state index is -4.85. The molecule has 54 heavy (non-hydrogen) atoms. The third-order valence-electron chi connectivity index (χ3n) is 10.4. The molecule has 0 spiro atoms. The number of sulfonamides is 1. The zero-order valence-electron chi connectivity index (χ0n) is 30.3. The van der Waals surface area contributed by atoms with Gasteiger partial charge in [0, 0.05) is 22.2 Å². The standard InChI is InChI=1S/C35H43ClF3N5O9S/c1-17(35(37,38)39)52-32(48)41-27(33(2,3)4)30(46)44-16-20(53-29-22-11-8-19(36)12-23(22)26(51-5)15-40-29)13-25(44)28(45)42-34(14-24(34)18-6-7-18)31(47)43-54(49,50)21-9-10-21/h8,11-12,15,17-18,20-21,24-25,27H,6-7,9-10,13-14,16H2,1-5H3,(H,41,48)(H,42,45)(H,43,47)/t17-,20-,24+,25+,27-,34-/m1/s1. The maximum atomic E-state index is 14.4. The first-order valence-electron chi connectivity index (χ1n) is 17.7. The number of carbonyl (C=O) groups excluding carboxylic acids is 4. The lowest BCUT2D eigenvalue weighted by molar-refractivity contribution is -0.197. The number of hydrogen-bond donors (Lipinski definition) is 3. The van der Waals surface area contributed by atoms with Gasteiger partial charge in [0.05, 0.1) is 25.1 Å². The first-order chi connectivity index (χ1) is 25.1. The number of alkyl halides is 3. The molecule has 1 aromatic carbocycles. The van der Waals surface area contributed by atoms with Gasteiger partial charge in [-0.3, -0.25) is 19.1 Å². The predicted octanol–water partition coefficient (Wildman–Crippen LogP) is 4.23. The Bertz CT molecular complexity index is 1950. The van der Waals surface area contributed by atoms with Crippen molar-refractivity contribution in [1.82, 2.24) is 25.2 Å². The summed E-state index contributed by atoms with van der Waals surface area (Å²) in [6.07, 6.45) is -5.74. The molecule has 19 heteroatoms. The minimum Gasteiger partial charge on any atom is -0.494 e. The molecule has 6 atom stereocenters. The minimum absolute atomic E-state index is 0.111. The van der Waals surface area contributed by atoms with Crippen molar-refractivity contribution in [3.05, 3.63) is 29.4 Å². The smallest absolute Gasteiger partial charge is 0.425 e. The maximum Gasteiger partial charge on any atom is 0.425 e. The van der Waals surface area contributed by atoms with Gasteiger partial charge in [-0.25, -0.2) is 18.2 Å². The third kappa shape index (κ3) is 8.28. The number of nitrogens with zero attached hydrogens (tertiary/aromatic N) is 2. The number of amides is 4. The van der Waals surface area contributed by atoms with Crippen molar-refractivity contribution in [1.29, 1.82) is 0 Å². The van der Waals surface area contributed by atoms with Crippen LogP contribution in [0.1, 0.15) is 66.2 Å². The van der Waals surface area contributed by atoms with Crippen LogP contribution in [0.25, 0.3) is 10.8 Å². The molecule has 4 amide bonds. The fourth-order valence-corrected chi connectivity index (χ4v) is 8.48. The van der Waals surface area contributed by atoms with Crippen LogP contribution in [0.3, 0.4) is 0 Å². The monoisotopic (exact) mass is 801 g/mol. The van der Waals surface area contributed by atoms with Gasteiger partial charge in [0.1, 0.15) is 29.5 Å². The summed E-state index contributed by atoms with van der Waals surface area (Å²) in [6.45, 7) is 5.14. The second kappa shape index (κ2) is 14.2. The molecule has 3 aliphatic carbocycles. The molecule has 3 saturated carbocycles. The van der Waals surface area contributed by atoms with E-state index in [0.717, 1.165) is 17.7 Å². The molecule has 2 heterocycles. The highest BCUT2D eigenvalue weighted by molar-refractivity contribution is 7.91. The summed E-state index contributed by atoms with van der Waals surface area (Å²) in [7, 11) is -2.48. The van der Waals surface area contributed by atoms with Crippen molar-refractivity contribution >= 4 is 56.2 Å². The van der Waals surface area contributed by atoms with Gasteiger partial charge in [0.25, 0.3) is 5.91 Å². The number of aromatic nitrogens is 1. The van der Waals surface area contributed by atoms with E-state index in [-0.39, 0.29) is 37.1 Å². The van der Waals surface area contributed by atoms with E-state index in [4.69, 9.17) is 21.1 Å². The van der Waals surface area contributed by atoms with E-state index in [1.807, 2.05) is 0 Å². The molecule has 4 aliphatic rings. The van der Waals surface area contributed by atoms with Crippen LogP contribution in [0.5, 0.6) is 11.6 Å².